The summed E-state index contributed by atoms with van der Waals surface area (Å²) in [5.74, 6) is 0.583. The van der Waals surface area contributed by atoms with Gasteiger partial charge < -0.3 is 4.57 Å². The number of para-hydroxylation sites is 1. The third kappa shape index (κ3) is 4.44. The maximum atomic E-state index is 9.63. The van der Waals surface area contributed by atoms with Crippen LogP contribution in [0.2, 0.25) is 0 Å². The van der Waals surface area contributed by atoms with Gasteiger partial charge in [0.25, 0.3) is 0 Å². The van der Waals surface area contributed by atoms with Crippen molar-refractivity contribution in [2.24, 2.45) is 0 Å². The monoisotopic (exact) mass is 736 g/mol. The van der Waals surface area contributed by atoms with Crippen LogP contribution in [-0.4, -0.2) is 14.5 Å². The largest absolute Gasteiger partial charge is 0.309 e. The van der Waals surface area contributed by atoms with Crippen LogP contribution in [0.5, 0.6) is 0 Å². The Balaban J connectivity index is 1.05. The fourth-order valence-corrected chi connectivity index (χ4v) is 9.91. The highest BCUT2D eigenvalue weighted by Crippen LogP contribution is 2.64. The van der Waals surface area contributed by atoms with Crippen molar-refractivity contribution in [3.63, 3.8) is 0 Å². The van der Waals surface area contributed by atoms with Gasteiger partial charge in [-0.05, 0) is 87.0 Å². The van der Waals surface area contributed by atoms with E-state index in [0.29, 0.717) is 11.4 Å². The molecular weight excluding hydrogens is 705 g/mol. The van der Waals surface area contributed by atoms with Gasteiger partial charge in [0.15, 0.2) is 5.82 Å². The molecule has 0 atom stereocenters. The molecule has 0 bridgehead atoms. The standard InChI is InChI=1S/C54H32N4/c55-33-34-13-12-16-37(31-34)53-56-47(35-14-2-1-3-15-35)32-48(57-53)36-25-27-38(28-26-36)58-49-24-11-7-20-42(49)52-50(58)30-29-46-51(52)41-19-6-10-23-45(41)54(46)43-21-8-4-17-39(43)40-18-5-9-22-44(40)54/h1-32H. The maximum absolute atomic E-state index is 9.63. The van der Waals surface area contributed by atoms with Gasteiger partial charge in [-0.15, -0.1) is 0 Å². The van der Waals surface area contributed by atoms with Crippen molar-refractivity contribution in [1.82, 2.24) is 14.5 Å². The number of nitriles is 1. The van der Waals surface area contributed by atoms with E-state index >= 15 is 0 Å². The summed E-state index contributed by atoms with van der Waals surface area (Å²) in [5.41, 5.74) is 18.6. The Bertz CT molecular complexity index is 3300. The number of benzene rings is 8. The van der Waals surface area contributed by atoms with Gasteiger partial charge in [0.05, 0.1) is 39.5 Å². The van der Waals surface area contributed by atoms with Gasteiger partial charge in [-0.1, -0.05) is 152 Å². The average Bonchev–Trinajstić information content (AvgIpc) is 3.91. The van der Waals surface area contributed by atoms with Gasteiger partial charge in [0, 0.05) is 33.2 Å². The predicted octanol–water partition coefficient (Wildman–Crippen LogP) is 12.8. The normalized spacial score (nSPS) is 12.9. The zero-order valence-electron chi connectivity index (χ0n) is 31.3. The van der Waals surface area contributed by atoms with Crippen LogP contribution >= 0.6 is 0 Å². The lowest BCUT2D eigenvalue weighted by atomic mass is 9.70. The molecule has 2 aliphatic carbocycles. The molecule has 2 heterocycles. The minimum Gasteiger partial charge on any atom is -0.309 e. The lowest BCUT2D eigenvalue weighted by Crippen LogP contribution is -2.25. The Morgan fingerprint density at radius 1 is 0.448 bits per heavy atom. The molecule has 58 heavy (non-hydrogen) atoms. The molecule has 0 saturated heterocycles. The van der Waals surface area contributed by atoms with Crippen LogP contribution in [0.4, 0.5) is 0 Å². The molecule has 0 aliphatic heterocycles. The molecule has 0 unspecified atom stereocenters. The summed E-state index contributed by atoms with van der Waals surface area (Å²) in [7, 11) is 0. The van der Waals surface area contributed by atoms with E-state index in [-0.39, 0.29) is 0 Å². The second-order valence-electron chi connectivity index (χ2n) is 15.2. The summed E-state index contributed by atoms with van der Waals surface area (Å²) < 4.78 is 2.41. The Morgan fingerprint density at radius 2 is 1.03 bits per heavy atom. The Morgan fingerprint density at radius 3 is 1.74 bits per heavy atom. The number of rotatable bonds is 4. The molecule has 2 aromatic heterocycles. The average molecular weight is 737 g/mol. The summed E-state index contributed by atoms with van der Waals surface area (Å²) in [4.78, 5) is 10.0. The van der Waals surface area contributed by atoms with Crippen LogP contribution in [0.1, 0.15) is 27.8 Å². The van der Waals surface area contributed by atoms with Crippen molar-refractivity contribution in [1.29, 1.82) is 5.26 Å². The molecule has 0 radical (unpaired) electrons. The number of hydrogen-bond acceptors (Lipinski definition) is 3. The third-order valence-corrected chi connectivity index (χ3v) is 12.3. The van der Waals surface area contributed by atoms with Crippen LogP contribution in [0.15, 0.2) is 194 Å². The number of fused-ring (bicyclic) bond motifs is 14. The second kappa shape index (κ2) is 12.3. The van der Waals surface area contributed by atoms with Crippen LogP contribution in [0.3, 0.4) is 0 Å². The zero-order valence-corrected chi connectivity index (χ0v) is 31.3. The van der Waals surface area contributed by atoms with Crippen molar-refractivity contribution >= 4 is 21.8 Å². The molecule has 1 spiro atoms. The van der Waals surface area contributed by atoms with E-state index in [0.717, 1.165) is 39.3 Å². The molecule has 4 heteroatoms. The van der Waals surface area contributed by atoms with E-state index in [9.17, 15) is 5.26 Å². The fourth-order valence-electron chi connectivity index (χ4n) is 9.91. The van der Waals surface area contributed by atoms with E-state index < -0.39 is 5.41 Å². The van der Waals surface area contributed by atoms with Gasteiger partial charge in [-0.25, -0.2) is 9.97 Å². The first-order chi connectivity index (χ1) is 28.7. The Hall–Kier alpha value is -7.87. The van der Waals surface area contributed by atoms with Gasteiger partial charge in [-0.2, -0.15) is 5.26 Å². The quantitative estimate of drug-likeness (QED) is 0.181. The fraction of sp³-hybridized carbons (Fsp3) is 0.0185. The van der Waals surface area contributed by atoms with Crippen LogP contribution in [0, 0.1) is 11.3 Å². The molecule has 8 aromatic carbocycles. The minimum absolute atomic E-state index is 0.400. The van der Waals surface area contributed by atoms with Crippen molar-refractivity contribution in [3.8, 4) is 67.9 Å². The molecule has 0 fully saturated rings. The highest BCUT2D eigenvalue weighted by Gasteiger charge is 2.52. The smallest absolute Gasteiger partial charge is 0.160 e. The van der Waals surface area contributed by atoms with Crippen molar-refractivity contribution in [3.05, 3.63) is 222 Å². The molecule has 0 amide bonds. The van der Waals surface area contributed by atoms with E-state index in [1.54, 1.807) is 6.07 Å². The SMILES string of the molecule is N#Cc1cccc(-c2nc(-c3ccccc3)cc(-c3ccc(-n4c5ccccc5c5c6c(ccc54)C4(c5ccccc5-c5ccccc54)c4ccccc4-6)cc3)n2)c1. The molecule has 268 valence electrons. The first-order valence-corrected chi connectivity index (χ1v) is 19.6. The molecule has 10 aromatic rings. The van der Waals surface area contributed by atoms with E-state index in [4.69, 9.17) is 9.97 Å². The molecule has 4 nitrogen and oxygen atoms in total. The zero-order chi connectivity index (χ0) is 38.4. The van der Waals surface area contributed by atoms with E-state index in [1.807, 2.05) is 36.4 Å². The van der Waals surface area contributed by atoms with Crippen molar-refractivity contribution < 1.29 is 0 Å². The first-order valence-electron chi connectivity index (χ1n) is 19.6. The highest BCUT2D eigenvalue weighted by atomic mass is 15.0. The molecule has 12 rings (SSSR count). The number of aromatic nitrogens is 3. The Kier molecular flexibility index (Phi) is 6.88. The Labute approximate surface area is 335 Å². The van der Waals surface area contributed by atoms with Gasteiger partial charge in [0.2, 0.25) is 0 Å². The summed E-state index contributed by atoms with van der Waals surface area (Å²) in [6.45, 7) is 0. The van der Waals surface area contributed by atoms with Crippen LogP contribution in [-0.2, 0) is 5.41 Å². The molecule has 0 saturated carbocycles. The summed E-state index contributed by atoms with van der Waals surface area (Å²) in [6, 6.07) is 71.3. The lowest BCUT2D eigenvalue weighted by Gasteiger charge is -2.30. The highest BCUT2D eigenvalue weighted by molar-refractivity contribution is 6.18. The van der Waals surface area contributed by atoms with Crippen molar-refractivity contribution in [2.45, 2.75) is 5.41 Å². The summed E-state index contributed by atoms with van der Waals surface area (Å²) >= 11 is 0. The van der Waals surface area contributed by atoms with Gasteiger partial charge >= 0.3 is 0 Å². The number of nitrogens with zero attached hydrogens (tertiary/aromatic N) is 4. The minimum atomic E-state index is -0.400. The van der Waals surface area contributed by atoms with E-state index in [2.05, 4.69) is 162 Å². The molecule has 0 N–H and O–H groups in total. The third-order valence-electron chi connectivity index (χ3n) is 12.3. The van der Waals surface area contributed by atoms with Gasteiger partial charge in [-0.3, -0.25) is 0 Å². The lowest BCUT2D eigenvalue weighted by molar-refractivity contribution is 0.794. The second-order valence-corrected chi connectivity index (χ2v) is 15.2. The summed E-state index contributed by atoms with van der Waals surface area (Å²) in [5, 5.41) is 12.1. The van der Waals surface area contributed by atoms with Gasteiger partial charge in [0.1, 0.15) is 0 Å². The molecule has 2 aliphatic rings. The van der Waals surface area contributed by atoms with Crippen LogP contribution < -0.4 is 0 Å². The summed E-state index contributed by atoms with van der Waals surface area (Å²) in [6.07, 6.45) is 0. The first kappa shape index (κ1) is 32.4. The topological polar surface area (TPSA) is 54.5 Å². The predicted molar refractivity (Wildman–Crippen MR) is 234 cm³/mol. The maximum Gasteiger partial charge on any atom is 0.160 e. The van der Waals surface area contributed by atoms with Crippen molar-refractivity contribution in [2.75, 3.05) is 0 Å². The molecular formula is C54H32N4. The van der Waals surface area contributed by atoms with E-state index in [1.165, 1.54) is 60.8 Å². The van der Waals surface area contributed by atoms with Crippen LogP contribution in [0.25, 0.3) is 83.6 Å². The number of hydrogen-bond donors (Lipinski definition) is 0.